The molecule has 0 fully saturated rings. The third-order valence-corrected chi connectivity index (χ3v) is 6.51. The zero-order valence-corrected chi connectivity index (χ0v) is 20.7. The zero-order chi connectivity index (χ0) is 24.8. The lowest BCUT2D eigenvalue weighted by atomic mass is 10.1. The molecule has 4 rings (SSSR count). The number of carbonyl (C=O) groups is 2. The normalized spacial score (nSPS) is 10.6. The molecule has 0 radical (unpaired) electrons. The van der Waals surface area contributed by atoms with Crippen molar-refractivity contribution in [1.29, 1.82) is 0 Å². The van der Waals surface area contributed by atoms with E-state index in [0.29, 0.717) is 33.5 Å². The number of benzene rings is 4. The van der Waals surface area contributed by atoms with E-state index in [2.05, 4.69) is 10.6 Å². The quantitative estimate of drug-likeness (QED) is 0.267. The molecule has 0 aliphatic heterocycles. The predicted molar refractivity (Wildman–Crippen MR) is 142 cm³/mol. The number of carbonyl (C=O) groups excluding carboxylic acids is 2. The van der Waals surface area contributed by atoms with Crippen LogP contribution in [0, 0.1) is 0 Å². The molecule has 0 unspecified atom stereocenters. The average Bonchev–Trinajstić information content (AvgIpc) is 2.87. The summed E-state index contributed by atoms with van der Waals surface area (Å²) in [5.41, 5.74) is 1.69. The lowest BCUT2D eigenvalue weighted by Gasteiger charge is -2.13. The molecule has 2 amide bonds. The molecular weight excluding hydrogens is 484 g/mol. The molecule has 4 aromatic carbocycles. The van der Waals surface area contributed by atoms with Crippen LogP contribution in [0.3, 0.4) is 0 Å². The molecule has 0 saturated carbocycles. The summed E-state index contributed by atoms with van der Waals surface area (Å²) >= 11 is 7.53. The molecule has 178 valence electrons. The molecule has 2 N–H and O–H groups in total. The number of rotatable bonds is 8. The van der Waals surface area contributed by atoms with Crippen LogP contribution in [0.4, 0.5) is 11.4 Å². The summed E-state index contributed by atoms with van der Waals surface area (Å²) in [7, 11) is 3.01. The van der Waals surface area contributed by atoms with Gasteiger partial charge in [-0.15, -0.1) is 11.8 Å². The molecule has 4 aromatic rings. The van der Waals surface area contributed by atoms with Crippen molar-refractivity contribution < 1.29 is 19.1 Å². The van der Waals surface area contributed by atoms with E-state index < -0.39 is 0 Å². The fourth-order valence-electron chi connectivity index (χ4n) is 3.49. The third-order valence-electron chi connectivity index (χ3n) is 5.22. The summed E-state index contributed by atoms with van der Waals surface area (Å²) < 4.78 is 10.5. The summed E-state index contributed by atoms with van der Waals surface area (Å²) in [6, 6.07) is 24.1. The van der Waals surface area contributed by atoms with Gasteiger partial charge in [-0.05, 0) is 47.2 Å². The van der Waals surface area contributed by atoms with Crippen molar-refractivity contribution in [2.45, 2.75) is 4.90 Å². The van der Waals surface area contributed by atoms with Gasteiger partial charge in [0.05, 0.1) is 30.7 Å². The van der Waals surface area contributed by atoms with Crippen LogP contribution >= 0.6 is 23.4 Å². The highest BCUT2D eigenvalue weighted by molar-refractivity contribution is 8.00. The van der Waals surface area contributed by atoms with E-state index in [0.717, 1.165) is 15.7 Å². The number of halogens is 1. The minimum absolute atomic E-state index is 0.162. The Kier molecular flexibility index (Phi) is 7.80. The maximum Gasteiger partial charge on any atom is 0.255 e. The predicted octanol–water partition coefficient (Wildman–Crippen LogP) is 6.49. The Bertz CT molecular complexity index is 1390. The largest absolute Gasteiger partial charge is 0.495 e. The van der Waals surface area contributed by atoms with Crippen molar-refractivity contribution >= 4 is 57.3 Å². The van der Waals surface area contributed by atoms with Crippen molar-refractivity contribution in [1.82, 2.24) is 0 Å². The van der Waals surface area contributed by atoms with Gasteiger partial charge in [0, 0.05) is 22.2 Å². The molecular formula is C27H23ClN2O4S. The van der Waals surface area contributed by atoms with Crippen molar-refractivity contribution in [3.63, 3.8) is 0 Å². The van der Waals surface area contributed by atoms with Crippen molar-refractivity contribution in [2.75, 3.05) is 30.6 Å². The molecule has 0 spiro atoms. The first kappa shape index (κ1) is 24.4. The van der Waals surface area contributed by atoms with E-state index in [1.165, 1.54) is 26.0 Å². The van der Waals surface area contributed by atoms with E-state index >= 15 is 0 Å². The lowest BCUT2D eigenvalue weighted by Crippen LogP contribution is -2.15. The highest BCUT2D eigenvalue weighted by Crippen LogP contribution is 2.36. The number of ether oxygens (including phenoxy) is 2. The molecule has 0 aromatic heterocycles. The van der Waals surface area contributed by atoms with Gasteiger partial charge in [-0.25, -0.2) is 0 Å². The Balaban J connectivity index is 1.38. The van der Waals surface area contributed by atoms with Gasteiger partial charge in [0.1, 0.15) is 11.5 Å². The van der Waals surface area contributed by atoms with Gasteiger partial charge in [0.15, 0.2) is 0 Å². The van der Waals surface area contributed by atoms with E-state index in [1.807, 2.05) is 60.7 Å². The number of thioether (sulfide) groups is 1. The highest BCUT2D eigenvalue weighted by Gasteiger charge is 2.13. The first-order valence-electron chi connectivity index (χ1n) is 10.7. The average molecular weight is 507 g/mol. The number of fused-ring (bicyclic) bond motifs is 1. The van der Waals surface area contributed by atoms with Crippen LogP contribution in [-0.2, 0) is 4.79 Å². The standard InChI is InChI=1S/C27H23ClN2O4S/c1-33-24-15-25(34-2)23(14-22(24)28)30-26(31)16-35-21-9-5-8-20(13-21)29-27(32)19-11-10-17-6-3-4-7-18(17)12-19/h3-15H,16H2,1-2H3,(H,29,32)(H,30,31). The Hall–Kier alpha value is -3.68. The lowest BCUT2D eigenvalue weighted by molar-refractivity contribution is -0.113. The fourth-order valence-corrected chi connectivity index (χ4v) is 4.49. The Morgan fingerprint density at radius 3 is 2.37 bits per heavy atom. The van der Waals surface area contributed by atoms with Crippen LogP contribution in [0.2, 0.25) is 5.02 Å². The number of nitrogens with one attached hydrogen (secondary N) is 2. The molecule has 0 atom stereocenters. The summed E-state index contributed by atoms with van der Waals surface area (Å²) in [5, 5.41) is 8.19. The van der Waals surface area contributed by atoms with Gasteiger partial charge in [0.25, 0.3) is 5.91 Å². The Morgan fingerprint density at radius 1 is 0.829 bits per heavy atom. The van der Waals surface area contributed by atoms with Crippen LogP contribution in [0.1, 0.15) is 10.4 Å². The zero-order valence-electron chi connectivity index (χ0n) is 19.1. The minimum atomic E-state index is -0.222. The van der Waals surface area contributed by atoms with Crippen molar-refractivity contribution in [3.05, 3.63) is 89.4 Å². The maximum atomic E-state index is 12.8. The Labute approximate surface area is 212 Å². The van der Waals surface area contributed by atoms with Gasteiger partial charge in [-0.3, -0.25) is 9.59 Å². The smallest absolute Gasteiger partial charge is 0.255 e. The number of methoxy groups -OCH3 is 2. The fraction of sp³-hybridized carbons (Fsp3) is 0.111. The van der Waals surface area contributed by atoms with Gasteiger partial charge in [-0.1, -0.05) is 48.0 Å². The first-order chi connectivity index (χ1) is 17.0. The number of amides is 2. The van der Waals surface area contributed by atoms with E-state index in [-0.39, 0.29) is 17.6 Å². The van der Waals surface area contributed by atoms with E-state index in [1.54, 1.807) is 18.2 Å². The summed E-state index contributed by atoms with van der Waals surface area (Å²) in [4.78, 5) is 26.1. The SMILES string of the molecule is COc1cc(OC)c(NC(=O)CSc2cccc(NC(=O)c3ccc4ccccc4c3)c2)cc1Cl. The molecule has 0 saturated heterocycles. The molecule has 35 heavy (non-hydrogen) atoms. The first-order valence-corrected chi connectivity index (χ1v) is 12.1. The molecule has 0 aliphatic carbocycles. The van der Waals surface area contributed by atoms with Gasteiger partial charge in [0.2, 0.25) is 5.91 Å². The Morgan fingerprint density at radius 2 is 1.60 bits per heavy atom. The summed E-state index contributed by atoms with van der Waals surface area (Å²) in [6.07, 6.45) is 0. The number of hydrogen-bond donors (Lipinski definition) is 2. The van der Waals surface area contributed by atoms with Crippen LogP contribution in [0.15, 0.2) is 83.8 Å². The maximum absolute atomic E-state index is 12.8. The molecule has 8 heteroatoms. The second kappa shape index (κ2) is 11.2. The number of hydrogen-bond acceptors (Lipinski definition) is 5. The van der Waals surface area contributed by atoms with Crippen LogP contribution in [0.5, 0.6) is 11.5 Å². The van der Waals surface area contributed by atoms with Crippen LogP contribution < -0.4 is 20.1 Å². The third kappa shape index (κ3) is 6.07. The minimum Gasteiger partial charge on any atom is -0.495 e. The van der Waals surface area contributed by atoms with E-state index in [9.17, 15) is 9.59 Å². The monoisotopic (exact) mass is 506 g/mol. The van der Waals surface area contributed by atoms with Gasteiger partial charge < -0.3 is 20.1 Å². The summed E-state index contributed by atoms with van der Waals surface area (Å²) in [6.45, 7) is 0. The second-order valence-electron chi connectivity index (χ2n) is 7.57. The number of anilines is 2. The second-order valence-corrected chi connectivity index (χ2v) is 9.02. The van der Waals surface area contributed by atoms with Crippen molar-refractivity contribution in [3.8, 4) is 11.5 Å². The topological polar surface area (TPSA) is 76.7 Å². The molecule has 0 aliphatic rings. The molecule has 0 heterocycles. The van der Waals surface area contributed by atoms with Crippen LogP contribution in [-0.4, -0.2) is 31.8 Å². The van der Waals surface area contributed by atoms with Gasteiger partial charge in [-0.2, -0.15) is 0 Å². The molecule has 6 nitrogen and oxygen atoms in total. The highest BCUT2D eigenvalue weighted by atomic mass is 35.5. The summed E-state index contributed by atoms with van der Waals surface area (Å²) in [5.74, 6) is 0.648. The van der Waals surface area contributed by atoms with Crippen molar-refractivity contribution in [2.24, 2.45) is 0 Å². The van der Waals surface area contributed by atoms with Crippen LogP contribution in [0.25, 0.3) is 10.8 Å². The van der Waals surface area contributed by atoms with E-state index in [4.69, 9.17) is 21.1 Å². The van der Waals surface area contributed by atoms with Gasteiger partial charge >= 0.3 is 0 Å². The molecule has 0 bridgehead atoms.